The van der Waals surface area contributed by atoms with E-state index < -0.39 is 0 Å². The molecule has 7 heteroatoms. The second-order valence-electron chi connectivity index (χ2n) is 4.55. The van der Waals surface area contributed by atoms with Crippen molar-refractivity contribution in [3.63, 3.8) is 0 Å². The van der Waals surface area contributed by atoms with Crippen molar-refractivity contribution in [1.82, 2.24) is 9.13 Å². The molecule has 0 unspecified atom stereocenters. The molecule has 2 rings (SSSR count). The van der Waals surface area contributed by atoms with Crippen LogP contribution in [0.15, 0.2) is 24.3 Å². The molecule has 1 aromatic carbocycles. The Morgan fingerprint density at radius 3 is 1.73 bits per heavy atom. The van der Waals surface area contributed by atoms with Crippen LogP contribution in [0.5, 0.6) is 0 Å². The molecular formula is C15H18N2O4S. The second-order valence-corrected chi connectivity index (χ2v) is 4.92. The molecule has 0 saturated heterocycles. The van der Waals surface area contributed by atoms with E-state index in [0.29, 0.717) is 18.0 Å². The Morgan fingerprint density at radius 2 is 1.36 bits per heavy atom. The van der Waals surface area contributed by atoms with Gasteiger partial charge in [-0.2, -0.15) is 0 Å². The maximum atomic E-state index is 11.8. The first kappa shape index (κ1) is 16.2. The van der Waals surface area contributed by atoms with E-state index in [2.05, 4.69) is 0 Å². The zero-order chi connectivity index (χ0) is 16.1. The molecule has 0 aliphatic carbocycles. The molecular weight excluding hydrogens is 304 g/mol. The van der Waals surface area contributed by atoms with Crippen LogP contribution in [-0.2, 0) is 32.2 Å². The molecule has 1 heterocycles. The molecule has 0 spiro atoms. The van der Waals surface area contributed by atoms with Crippen molar-refractivity contribution in [3.8, 4) is 0 Å². The normalized spacial score (nSPS) is 10.6. The fraction of sp³-hybridized carbons (Fsp3) is 0.400. The van der Waals surface area contributed by atoms with Gasteiger partial charge in [0.25, 0.3) is 0 Å². The van der Waals surface area contributed by atoms with Gasteiger partial charge in [-0.1, -0.05) is 12.1 Å². The predicted octanol–water partition coefficient (Wildman–Crippen LogP) is 2.30. The first-order chi connectivity index (χ1) is 10.6. The summed E-state index contributed by atoms with van der Waals surface area (Å²) >= 11 is 5.41. The van der Waals surface area contributed by atoms with Crippen LogP contribution in [-0.4, -0.2) is 34.3 Å². The average molecular weight is 322 g/mol. The maximum absolute atomic E-state index is 11.8. The van der Waals surface area contributed by atoms with Crippen LogP contribution in [0, 0.1) is 4.77 Å². The summed E-state index contributed by atoms with van der Waals surface area (Å²) in [6, 6.07) is 7.42. The van der Waals surface area contributed by atoms with E-state index in [1.54, 1.807) is 23.0 Å². The molecule has 6 nitrogen and oxygen atoms in total. The molecule has 0 aliphatic heterocycles. The number of benzene rings is 1. The third-order valence-electron chi connectivity index (χ3n) is 3.11. The van der Waals surface area contributed by atoms with Crippen LogP contribution in [0.3, 0.4) is 0 Å². The Morgan fingerprint density at radius 1 is 0.955 bits per heavy atom. The molecule has 118 valence electrons. The van der Waals surface area contributed by atoms with Gasteiger partial charge in [-0.25, -0.2) is 0 Å². The second kappa shape index (κ2) is 7.22. The minimum Gasteiger partial charge on any atom is -0.465 e. The highest BCUT2D eigenvalue weighted by molar-refractivity contribution is 7.71. The van der Waals surface area contributed by atoms with Gasteiger partial charge in [0.1, 0.15) is 13.1 Å². The number of aromatic nitrogens is 2. The molecule has 1 aromatic heterocycles. The smallest absolute Gasteiger partial charge is 0.326 e. The molecule has 0 N–H and O–H groups in total. The molecule has 2 aromatic rings. The maximum Gasteiger partial charge on any atom is 0.326 e. The molecule has 0 bridgehead atoms. The summed E-state index contributed by atoms with van der Waals surface area (Å²) < 4.78 is 13.7. The van der Waals surface area contributed by atoms with Crippen molar-refractivity contribution in [2.45, 2.75) is 26.9 Å². The molecule has 0 fully saturated rings. The lowest BCUT2D eigenvalue weighted by atomic mass is 10.3. The van der Waals surface area contributed by atoms with Gasteiger partial charge in [-0.15, -0.1) is 0 Å². The van der Waals surface area contributed by atoms with Crippen LogP contribution in [0.1, 0.15) is 13.8 Å². The average Bonchev–Trinajstić information content (AvgIpc) is 2.74. The monoisotopic (exact) mass is 322 g/mol. The van der Waals surface area contributed by atoms with Crippen LogP contribution in [0.2, 0.25) is 0 Å². The van der Waals surface area contributed by atoms with Crippen molar-refractivity contribution >= 4 is 35.2 Å². The highest BCUT2D eigenvalue weighted by atomic mass is 32.1. The zero-order valence-corrected chi connectivity index (χ0v) is 13.4. The number of rotatable bonds is 6. The van der Waals surface area contributed by atoms with Crippen molar-refractivity contribution in [1.29, 1.82) is 0 Å². The van der Waals surface area contributed by atoms with Gasteiger partial charge in [-0.3, -0.25) is 9.59 Å². The van der Waals surface area contributed by atoms with Gasteiger partial charge in [0, 0.05) is 0 Å². The molecule has 0 aliphatic rings. The number of imidazole rings is 1. The van der Waals surface area contributed by atoms with E-state index in [4.69, 9.17) is 21.7 Å². The van der Waals surface area contributed by atoms with E-state index in [1.165, 1.54) is 0 Å². The van der Waals surface area contributed by atoms with Crippen LogP contribution in [0.25, 0.3) is 11.0 Å². The van der Waals surface area contributed by atoms with E-state index in [-0.39, 0.29) is 25.0 Å². The Bertz CT molecular complexity index is 688. The van der Waals surface area contributed by atoms with Crippen molar-refractivity contribution in [2.24, 2.45) is 0 Å². The fourth-order valence-electron chi connectivity index (χ4n) is 2.25. The van der Waals surface area contributed by atoms with Crippen molar-refractivity contribution < 1.29 is 19.1 Å². The lowest BCUT2D eigenvalue weighted by Crippen LogP contribution is -2.16. The lowest BCUT2D eigenvalue weighted by Gasteiger charge is -2.05. The highest BCUT2D eigenvalue weighted by Gasteiger charge is 2.15. The summed E-state index contributed by atoms with van der Waals surface area (Å²) in [5.41, 5.74) is 1.56. The highest BCUT2D eigenvalue weighted by Crippen LogP contribution is 2.18. The van der Waals surface area contributed by atoms with Gasteiger partial charge in [0.05, 0.1) is 24.2 Å². The molecule has 22 heavy (non-hydrogen) atoms. The number of hydrogen-bond acceptors (Lipinski definition) is 5. The summed E-state index contributed by atoms with van der Waals surface area (Å²) in [5, 5.41) is 0. The number of carbonyl (C=O) groups is 2. The van der Waals surface area contributed by atoms with Crippen LogP contribution in [0.4, 0.5) is 0 Å². The molecule has 0 radical (unpaired) electrons. The number of esters is 2. The number of para-hydroxylation sites is 2. The Kier molecular flexibility index (Phi) is 5.32. The number of nitrogens with zero attached hydrogens (tertiary/aromatic N) is 2. The van der Waals surface area contributed by atoms with Crippen molar-refractivity contribution in [3.05, 3.63) is 29.0 Å². The first-order valence-electron chi connectivity index (χ1n) is 7.07. The number of hydrogen-bond donors (Lipinski definition) is 0. The van der Waals surface area contributed by atoms with E-state index >= 15 is 0 Å². The number of carbonyl (C=O) groups excluding carboxylic acids is 2. The standard InChI is InChI=1S/C15H18N2O4S/c1-3-20-13(18)9-16-11-7-5-6-8-12(11)17(15(16)22)10-14(19)21-4-2/h5-8H,3-4,9-10H2,1-2H3. The zero-order valence-electron chi connectivity index (χ0n) is 12.6. The quantitative estimate of drug-likeness (QED) is 0.603. The minimum absolute atomic E-state index is 0.0169. The lowest BCUT2D eigenvalue weighted by molar-refractivity contribution is -0.144. The van der Waals surface area contributed by atoms with Crippen LogP contribution < -0.4 is 0 Å². The third-order valence-corrected chi connectivity index (χ3v) is 3.55. The number of fused-ring (bicyclic) bond motifs is 1. The van der Waals surface area contributed by atoms with Gasteiger partial charge in [0.15, 0.2) is 4.77 Å². The largest absolute Gasteiger partial charge is 0.465 e. The van der Waals surface area contributed by atoms with Gasteiger partial charge < -0.3 is 18.6 Å². The molecule has 0 atom stereocenters. The Labute approximate surface area is 133 Å². The Balaban J connectivity index is 2.45. The summed E-state index contributed by atoms with van der Waals surface area (Å²) in [5.74, 6) is -0.727. The predicted molar refractivity (Wildman–Crippen MR) is 84.0 cm³/mol. The van der Waals surface area contributed by atoms with Gasteiger partial charge in [-0.05, 0) is 38.2 Å². The van der Waals surface area contributed by atoms with E-state index in [9.17, 15) is 9.59 Å². The summed E-state index contributed by atoms with van der Waals surface area (Å²) in [6.45, 7) is 4.16. The topological polar surface area (TPSA) is 62.5 Å². The SMILES string of the molecule is CCOC(=O)Cn1c(=S)n(CC(=O)OCC)c2ccccc21. The van der Waals surface area contributed by atoms with Gasteiger partial charge >= 0.3 is 11.9 Å². The Hall–Kier alpha value is -2.15. The molecule has 0 amide bonds. The molecule has 0 saturated carbocycles. The van der Waals surface area contributed by atoms with Gasteiger partial charge in [0.2, 0.25) is 0 Å². The van der Waals surface area contributed by atoms with Crippen LogP contribution >= 0.6 is 12.2 Å². The van der Waals surface area contributed by atoms with E-state index in [0.717, 1.165) is 11.0 Å². The first-order valence-corrected chi connectivity index (χ1v) is 7.48. The summed E-state index contributed by atoms with van der Waals surface area (Å²) in [6.07, 6.45) is 0. The number of ether oxygens (including phenoxy) is 2. The third kappa shape index (κ3) is 3.36. The van der Waals surface area contributed by atoms with Crippen molar-refractivity contribution in [2.75, 3.05) is 13.2 Å². The summed E-state index contributed by atoms with van der Waals surface area (Å²) in [4.78, 5) is 23.5. The van der Waals surface area contributed by atoms with E-state index in [1.807, 2.05) is 24.3 Å². The summed E-state index contributed by atoms with van der Waals surface area (Å²) in [7, 11) is 0. The fourth-order valence-corrected chi connectivity index (χ4v) is 2.58. The minimum atomic E-state index is -0.363.